The third kappa shape index (κ3) is 2.97. The van der Waals surface area contributed by atoms with Crippen molar-refractivity contribution in [3.8, 4) is 16.6 Å². The molecule has 0 aliphatic rings. The van der Waals surface area contributed by atoms with Crippen molar-refractivity contribution in [3.63, 3.8) is 0 Å². The molecule has 5 heteroatoms. The average Bonchev–Trinajstić information content (AvgIpc) is 3.04. The molecule has 0 radical (unpaired) electrons. The van der Waals surface area contributed by atoms with Gasteiger partial charge in [0.05, 0.1) is 29.3 Å². The summed E-state index contributed by atoms with van der Waals surface area (Å²) in [7, 11) is 0. The fourth-order valence-corrected chi connectivity index (χ4v) is 2.56. The zero-order chi connectivity index (χ0) is 12.8. The molecule has 2 rings (SSSR count). The molecular formula is C13H16N4S. The van der Waals surface area contributed by atoms with Gasteiger partial charge < -0.3 is 5.32 Å². The summed E-state index contributed by atoms with van der Waals surface area (Å²) in [6.07, 6.45) is 3.35. The van der Waals surface area contributed by atoms with Crippen LogP contribution in [0.25, 0.3) is 10.6 Å². The van der Waals surface area contributed by atoms with Gasteiger partial charge in [-0.1, -0.05) is 13.0 Å². The lowest BCUT2D eigenvalue weighted by atomic mass is 10.1. The van der Waals surface area contributed by atoms with Crippen LogP contribution in [0.5, 0.6) is 0 Å². The summed E-state index contributed by atoms with van der Waals surface area (Å²) in [5.74, 6) is 0. The second kappa shape index (κ2) is 6.34. The van der Waals surface area contributed by atoms with E-state index < -0.39 is 0 Å². The van der Waals surface area contributed by atoms with Gasteiger partial charge in [-0.15, -0.1) is 11.3 Å². The van der Waals surface area contributed by atoms with Gasteiger partial charge in [-0.2, -0.15) is 10.4 Å². The highest BCUT2D eigenvalue weighted by atomic mass is 32.1. The largest absolute Gasteiger partial charge is 0.309 e. The molecule has 2 N–H and O–H groups in total. The van der Waals surface area contributed by atoms with Crippen molar-refractivity contribution in [2.75, 3.05) is 0 Å². The minimum Gasteiger partial charge on any atom is -0.309 e. The summed E-state index contributed by atoms with van der Waals surface area (Å²) < 4.78 is 0. The predicted octanol–water partition coefficient (Wildman–Crippen LogP) is 2.92. The van der Waals surface area contributed by atoms with Crippen LogP contribution in [0.1, 0.15) is 25.3 Å². The number of hydrogen-bond donors (Lipinski definition) is 2. The fourth-order valence-electron chi connectivity index (χ4n) is 1.80. The highest BCUT2D eigenvalue weighted by Gasteiger charge is 2.10. The maximum absolute atomic E-state index is 8.72. The van der Waals surface area contributed by atoms with Gasteiger partial charge in [0.15, 0.2) is 0 Å². The number of rotatable bonds is 6. The van der Waals surface area contributed by atoms with Gasteiger partial charge in [-0.3, -0.25) is 5.10 Å². The van der Waals surface area contributed by atoms with Crippen LogP contribution in [0.15, 0.2) is 23.7 Å². The van der Waals surface area contributed by atoms with Gasteiger partial charge in [0.1, 0.15) is 0 Å². The van der Waals surface area contributed by atoms with Crippen molar-refractivity contribution >= 4 is 11.3 Å². The first-order valence-electron chi connectivity index (χ1n) is 6.01. The molecule has 0 aromatic carbocycles. The van der Waals surface area contributed by atoms with E-state index in [1.54, 1.807) is 11.3 Å². The van der Waals surface area contributed by atoms with E-state index in [1.165, 1.54) is 4.88 Å². The monoisotopic (exact) mass is 260 g/mol. The van der Waals surface area contributed by atoms with E-state index in [2.05, 4.69) is 40.0 Å². The van der Waals surface area contributed by atoms with Gasteiger partial charge in [-0.25, -0.2) is 0 Å². The summed E-state index contributed by atoms with van der Waals surface area (Å²) in [4.78, 5) is 1.19. The smallest absolute Gasteiger partial charge is 0.0794 e. The van der Waals surface area contributed by atoms with Gasteiger partial charge in [0.25, 0.3) is 0 Å². The fraction of sp³-hybridized carbons (Fsp3) is 0.385. The van der Waals surface area contributed by atoms with E-state index in [9.17, 15) is 0 Å². The number of thiophene rings is 1. The lowest BCUT2D eigenvalue weighted by Gasteiger charge is -2.13. The van der Waals surface area contributed by atoms with Gasteiger partial charge in [0.2, 0.25) is 0 Å². The molecule has 4 nitrogen and oxygen atoms in total. The molecule has 2 heterocycles. The minimum atomic E-state index is 0.251. The topological polar surface area (TPSA) is 64.5 Å². The molecule has 94 valence electrons. The SMILES string of the molecule is CCC(CC#N)NCc1cn[nH]c1-c1cccs1. The van der Waals surface area contributed by atoms with E-state index in [0.29, 0.717) is 6.42 Å². The molecule has 1 atom stereocenters. The Bertz CT molecular complexity index is 509. The maximum atomic E-state index is 8.72. The van der Waals surface area contributed by atoms with Gasteiger partial charge >= 0.3 is 0 Å². The lowest BCUT2D eigenvalue weighted by Crippen LogP contribution is -2.27. The van der Waals surface area contributed by atoms with Crippen molar-refractivity contribution in [3.05, 3.63) is 29.3 Å². The Morgan fingerprint density at radius 3 is 3.17 bits per heavy atom. The van der Waals surface area contributed by atoms with Crippen molar-refractivity contribution in [1.29, 1.82) is 5.26 Å². The zero-order valence-electron chi connectivity index (χ0n) is 10.3. The van der Waals surface area contributed by atoms with E-state index in [1.807, 2.05) is 12.3 Å². The van der Waals surface area contributed by atoms with Crippen molar-refractivity contribution in [2.24, 2.45) is 0 Å². The first kappa shape index (κ1) is 12.8. The van der Waals surface area contributed by atoms with Crippen molar-refractivity contribution in [1.82, 2.24) is 15.5 Å². The highest BCUT2D eigenvalue weighted by molar-refractivity contribution is 7.13. The number of hydrogen-bond acceptors (Lipinski definition) is 4. The molecule has 0 saturated carbocycles. The Labute approximate surface area is 111 Å². The average molecular weight is 260 g/mol. The van der Waals surface area contributed by atoms with Crippen LogP contribution >= 0.6 is 11.3 Å². The van der Waals surface area contributed by atoms with E-state index in [4.69, 9.17) is 5.26 Å². The van der Waals surface area contributed by atoms with Crippen molar-refractivity contribution < 1.29 is 0 Å². The molecule has 2 aromatic rings. The molecule has 0 amide bonds. The number of H-pyrrole nitrogens is 1. The normalized spacial score (nSPS) is 12.2. The van der Waals surface area contributed by atoms with Gasteiger partial charge in [-0.05, 0) is 17.9 Å². The van der Waals surface area contributed by atoms with Gasteiger partial charge in [0, 0.05) is 18.2 Å². The maximum Gasteiger partial charge on any atom is 0.0794 e. The van der Waals surface area contributed by atoms with Crippen LogP contribution in [0.2, 0.25) is 0 Å². The summed E-state index contributed by atoms with van der Waals surface area (Å²) in [5.41, 5.74) is 2.22. The molecule has 0 saturated heterocycles. The standard InChI is InChI=1S/C13H16N4S/c1-2-11(5-6-14)15-8-10-9-16-17-13(10)12-4-3-7-18-12/h3-4,7,9,11,15H,2,5,8H2,1H3,(H,16,17). The summed E-state index contributed by atoms with van der Waals surface area (Å²) in [6.45, 7) is 2.83. The second-order valence-corrected chi connectivity index (χ2v) is 5.04. The summed E-state index contributed by atoms with van der Waals surface area (Å²) >= 11 is 1.69. The number of aromatic nitrogens is 2. The Morgan fingerprint density at radius 1 is 1.61 bits per heavy atom. The molecule has 0 aliphatic carbocycles. The summed E-state index contributed by atoms with van der Waals surface area (Å²) in [5, 5.41) is 21.3. The molecular weight excluding hydrogens is 244 g/mol. The van der Waals surface area contributed by atoms with Crippen LogP contribution in [-0.4, -0.2) is 16.2 Å². The lowest BCUT2D eigenvalue weighted by molar-refractivity contribution is 0.505. The molecule has 1 unspecified atom stereocenters. The summed E-state index contributed by atoms with van der Waals surface area (Å²) in [6, 6.07) is 6.57. The first-order chi connectivity index (χ1) is 8.85. The molecule has 0 aliphatic heterocycles. The minimum absolute atomic E-state index is 0.251. The molecule has 0 fully saturated rings. The Morgan fingerprint density at radius 2 is 2.50 bits per heavy atom. The molecule has 0 spiro atoms. The third-order valence-electron chi connectivity index (χ3n) is 2.90. The first-order valence-corrected chi connectivity index (χ1v) is 6.89. The van der Waals surface area contributed by atoms with Crippen LogP contribution in [0.3, 0.4) is 0 Å². The number of nitrogens with one attached hydrogen (secondary N) is 2. The number of nitriles is 1. The zero-order valence-corrected chi connectivity index (χ0v) is 11.1. The number of aromatic amines is 1. The van der Waals surface area contributed by atoms with Crippen LogP contribution in [-0.2, 0) is 6.54 Å². The highest BCUT2D eigenvalue weighted by Crippen LogP contribution is 2.25. The molecule has 2 aromatic heterocycles. The Kier molecular flexibility index (Phi) is 4.51. The van der Waals surface area contributed by atoms with Crippen LogP contribution in [0.4, 0.5) is 0 Å². The predicted molar refractivity (Wildman–Crippen MR) is 73.0 cm³/mol. The van der Waals surface area contributed by atoms with E-state index in [-0.39, 0.29) is 6.04 Å². The van der Waals surface area contributed by atoms with E-state index >= 15 is 0 Å². The van der Waals surface area contributed by atoms with Crippen LogP contribution < -0.4 is 5.32 Å². The van der Waals surface area contributed by atoms with Crippen LogP contribution in [0, 0.1) is 11.3 Å². The molecule has 18 heavy (non-hydrogen) atoms. The van der Waals surface area contributed by atoms with E-state index in [0.717, 1.165) is 24.2 Å². The molecule has 0 bridgehead atoms. The number of nitrogens with zero attached hydrogens (tertiary/aromatic N) is 2. The quantitative estimate of drug-likeness (QED) is 0.839. The Hall–Kier alpha value is -1.64. The second-order valence-electron chi connectivity index (χ2n) is 4.10. The Balaban J connectivity index is 2.03. The van der Waals surface area contributed by atoms with Crippen molar-refractivity contribution in [2.45, 2.75) is 32.4 Å². The third-order valence-corrected chi connectivity index (χ3v) is 3.78.